The monoisotopic (exact) mass is 378 g/mol. The molecular weight excluding hydrogens is 364 g/mol. The number of benzene rings is 2. The van der Waals surface area contributed by atoms with E-state index in [1.54, 1.807) is 31.2 Å². The first kappa shape index (κ1) is 17.0. The Labute approximate surface area is 141 Å². The summed E-state index contributed by atoms with van der Waals surface area (Å²) in [5, 5.41) is 13.7. The van der Waals surface area contributed by atoms with Gasteiger partial charge in [0.2, 0.25) is 0 Å². The first-order chi connectivity index (χ1) is 10.9. The lowest BCUT2D eigenvalue weighted by Gasteiger charge is -2.12. The Bertz CT molecular complexity index is 762. The van der Waals surface area contributed by atoms with Crippen LogP contribution in [0.1, 0.15) is 11.1 Å². The zero-order chi connectivity index (χ0) is 17.0. The van der Waals surface area contributed by atoms with Gasteiger partial charge in [0.1, 0.15) is 11.4 Å². The number of anilines is 1. The Kier molecular flexibility index (Phi) is 5.33. The zero-order valence-electron chi connectivity index (χ0n) is 12.6. The molecule has 1 amide bonds. The average Bonchev–Trinajstić information content (AvgIpc) is 2.50. The predicted molar refractivity (Wildman–Crippen MR) is 90.8 cm³/mol. The molecular formula is C16H15BrN2O4. The molecule has 0 heterocycles. The van der Waals surface area contributed by atoms with Crippen LogP contribution in [0.4, 0.5) is 11.4 Å². The third-order valence-electron chi connectivity index (χ3n) is 3.34. The molecule has 0 aliphatic rings. The second kappa shape index (κ2) is 7.23. The number of hydrogen-bond acceptors (Lipinski definition) is 4. The van der Waals surface area contributed by atoms with Crippen molar-refractivity contribution in [3.05, 3.63) is 62.1 Å². The largest absolute Gasteiger partial charge is 0.484 e. The molecule has 0 radical (unpaired) electrons. The molecule has 7 heteroatoms. The summed E-state index contributed by atoms with van der Waals surface area (Å²) in [4.78, 5) is 22.6. The maximum atomic E-state index is 12.0. The van der Waals surface area contributed by atoms with Gasteiger partial charge < -0.3 is 10.1 Å². The Morgan fingerprint density at radius 1 is 1.30 bits per heavy atom. The molecule has 0 saturated heterocycles. The van der Waals surface area contributed by atoms with Gasteiger partial charge in [-0.05, 0) is 43.2 Å². The van der Waals surface area contributed by atoms with Crippen molar-refractivity contribution < 1.29 is 14.5 Å². The highest BCUT2D eigenvalue weighted by molar-refractivity contribution is 9.10. The van der Waals surface area contributed by atoms with E-state index in [1.165, 1.54) is 6.07 Å². The first-order valence-corrected chi connectivity index (χ1v) is 7.60. The van der Waals surface area contributed by atoms with Crippen LogP contribution in [-0.2, 0) is 4.79 Å². The maximum Gasteiger partial charge on any atom is 0.293 e. The van der Waals surface area contributed by atoms with E-state index in [1.807, 2.05) is 13.0 Å². The number of halogens is 1. The maximum absolute atomic E-state index is 12.0. The Balaban J connectivity index is 2.11. The lowest BCUT2D eigenvalue weighted by atomic mass is 10.1. The van der Waals surface area contributed by atoms with Crippen LogP contribution >= 0.6 is 15.9 Å². The lowest BCUT2D eigenvalue weighted by Crippen LogP contribution is -2.21. The predicted octanol–water partition coefficient (Wildman–Crippen LogP) is 3.99. The minimum absolute atomic E-state index is 0.135. The number of ether oxygens (including phenoxy) is 1. The summed E-state index contributed by atoms with van der Waals surface area (Å²) in [5.74, 6) is 0.0757. The lowest BCUT2D eigenvalue weighted by molar-refractivity contribution is -0.384. The molecule has 0 aromatic heterocycles. The number of amides is 1. The fraction of sp³-hybridized carbons (Fsp3) is 0.188. The van der Waals surface area contributed by atoms with Gasteiger partial charge in [-0.25, -0.2) is 0 Å². The fourth-order valence-electron chi connectivity index (χ4n) is 1.99. The summed E-state index contributed by atoms with van der Waals surface area (Å²) in [6.07, 6.45) is 0. The summed E-state index contributed by atoms with van der Waals surface area (Å²) in [7, 11) is 0. The molecule has 2 aromatic rings. The normalized spacial score (nSPS) is 10.2. The molecule has 0 fully saturated rings. The second-order valence-electron chi connectivity index (χ2n) is 4.95. The van der Waals surface area contributed by atoms with Gasteiger partial charge in [-0.15, -0.1) is 0 Å². The van der Waals surface area contributed by atoms with Gasteiger partial charge in [0.25, 0.3) is 11.6 Å². The Morgan fingerprint density at radius 2 is 2.04 bits per heavy atom. The van der Waals surface area contributed by atoms with Crippen molar-refractivity contribution in [2.45, 2.75) is 13.8 Å². The van der Waals surface area contributed by atoms with E-state index in [4.69, 9.17) is 4.74 Å². The van der Waals surface area contributed by atoms with Gasteiger partial charge in [-0.3, -0.25) is 14.9 Å². The molecule has 1 N–H and O–H groups in total. The molecule has 0 saturated carbocycles. The van der Waals surface area contributed by atoms with Crippen molar-refractivity contribution in [3.8, 4) is 5.75 Å². The molecule has 0 aliphatic carbocycles. The van der Waals surface area contributed by atoms with E-state index in [9.17, 15) is 14.9 Å². The summed E-state index contributed by atoms with van der Waals surface area (Å²) in [5.41, 5.74) is 1.59. The van der Waals surface area contributed by atoms with Crippen molar-refractivity contribution in [3.63, 3.8) is 0 Å². The highest BCUT2D eigenvalue weighted by Crippen LogP contribution is 2.30. The van der Waals surface area contributed by atoms with E-state index in [2.05, 4.69) is 21.2 Å². The Hall–Kier alpha value is -2.41. The quantitative estimate of drug-likeness (QED) is 0.629. The van der Waals surface area contributed by atoms with Gasteiger partial charge >= 0.3 is 0 Å². The minimum atomic E-state index is -0.517. The number of nitro benzene ring substituents is 1. The molecule has 120 valence electrons. The first-order valence-electron chi connectivity index (χ1n) is 6.81. The van der Waals surface area contributed by atoms with Crippen LogP contribution in [0, 0.1) is 24.0 Å². The molecule has 0 unspecified atom stereocenters. The summed E-state index contributed by atoms with van der Waals surface area (Å²) in [6.45, 7) is 3.32. The number of hydrogen-bond donors (Lipinski definition) is 1. The van der Waals surface area contributed by atoms with Gasteiger partial charge in [0.15, 0.2) is 6.61 Å². The smallest absolute Gasteiger partial charge is 0.293 e. The van der Waals surface area contributed by atoms with Crippen LogP contribution in [0.2, 0.25) is 0 Å². The second-order valence-corrected chi connectivity index (χ2v) is 5.87. The summed E-state index contributed by atoms with van der Waals surface area (Å²) < 4.78 is 6.21. The van der Waals surface area contributed by atoms with Gasteiger partial charge in [-0.2, -0.15) is 0 Å². The van der Waals surface area contributed by atoms with Crippen LogP contribution < -0.4 is 10.1 Å². The van der Waals surface area contributed by atoms with Crippen LogP contribution in [0.15, 0.2) is 40.9 Å². The summed E-state index contributed by atoms with van der Waals surface area (Å²) >= 11 is 3.31. The van der Waals surface area contributed by atoms with Crippen LogP contribution in [0.5, 0.6) is 5.75 Å². The molecule has 0 spiro atoms. The van der Waals surface area contributed by atoms with Gasteiger partial charge in [0, 0.05) is 10.5 Å². The van der Waals surface area contributed by atoms with E-state index < -0.39 is 10.8 Å². The highest BCUT2D eigenvalue weighted by atomic mass is 79.9. The molecule has 0 aliphatic heterocycles. The van der Waals surface area contributed by atoms with E-state index in [0.29, 0.717) is 11.3 Å². The third kappa shape index (κ3) is 4.29. The number of nitro groups is 1. The molecule has 6 nitrogen and oxygen atoms in total. The average molecular weight is 379 g/mol. The summed E-state index contributed by atoms with van der Waals surface area (Å²) in [6, 6.07) is 10.1. The molecule has 23 heavy (non-hydrogen) atoms. The number of nitrogens with zero attached hydrogens (tertiary/aromatic N) is 1. The number of aryl methyl sites for hydroxylation is 1. The van der Waals surface area contributed by atoms with Crippen molar-refractivity contribution in [2.24, 2.45) is 0 Å². The molecule has 0 atom stereocenters. The van der Waals surface area contributed by atoms with Crippen molar-refractivity contribution in [2.75, 3.05) is 11.9 Å². The highest BCUT2D eigenvalue weighted by Gasteiger charge is 2.19. The van der Waals surface area contributed by atoms with E-state index in [0.717, 1.165) is 10.0 Å². The third-order valence-corrected chi connectivity index (χ3v) is 3.83. The minimum Gasteiger partial charge on any atom is -0.484 e. The van der Waals surface area contributed by atoms with Crippen molar-refractivity contribution in [1.82, 2.24) is 0 Å². The van der Waals surface area contributed by atoms with Crippen molar-refractivity contribution >= 4 is 33.2 Å². The van der Waals surface area contributed by atoms with E-state index in [-0.39, 0.29) is 18.0 Å². The number of nitrogens with one attached hydrogen (secondary N) is 1. The van der Waals surface area contributed by atoms with Gasteiger partial charge in [0.05, 0.1) is 4.92 Å². The van der Waals surface area contributed by atoms with E-state index >= 15 is 0 Å². The number of carbonyl (C=O) groups excluding carboxylic acids is 1. The zero-order valence-corrected chi connectivity index (χ0v) is 14.2. The van der Waals surface area contributed by atoms with Crippen LogP contribution in [0.25, 0.3) is 0 Å². The number of carbonyl (C=O) groups is 1. The fourth-order valence-corrected chi connectivity index (χ4v) is 2.37. The van der Waals surface area contributed by atoms with Crippen LogP contribution in [-0.4, -0.2) is 17.4 Å². The van der Waals surface area contributed by atoms with Crippen LogP contribution in [0.3, 0.4) is 0 Å². The standard InChI is InChI=1S/C16H15BrN2O4/c1-10-6-7-14(19(21)22)16(11(10)2)18-15(20)9-23-13-5-3-4-12(17)8-13/h3-8H,9H2,1-2H3,(H,18,20). The Morgan fingerprint density at radius 3 is 2.70 bits per heavy atom. The number of rotatable bonds is 5. The molecule has 0 bridgehead atoms. The molecule has 2 rings (SSSR count). The molecule has 2 aromatic carbocycles. The SMILES string of the molecule is Cc1ccc([N+](=O)[O-])c(NC(=O)COc2cccc(Br)c2)c1C. The van der Waals surface area contributed by atoms with Crippen molar-refractivity contribution in [1.29, 1.82) is 0 Å². The topological polar surface area (TPSA) is 81.5 Å². The van der Waals surface area contributed by atoms with Gasteiger partial charge in [-0.1, -0.05) is 28.1 Å².